The Bertz CT molecular complexity index is 952. The van der Waals surface area contributed by atoms with Crippen molar-refractivity contribution >= 4 is 27.3 Å². The molecule has 1 N–H and O–H groups in total. The Morgan fingerprint density at radius 2 is 1.89 bits per heavy atom. The van der Waals surface area contributed by atoms with Crippen molar-refractivity contribution < 1.29 is 22.7 Å². The maximum Gasteiger partial charge on any atom is 0.254 e. The second-order valence-electron chi connectivity index (χ2n) is 7.10. The maximum absolute atomic E-state index is 13.0. The number of benzene rings is 1. The third kappa shape index (κ3) is 3.49. The van der Waals surface area contributed by atoms with E-state index in [-0.39, 0.29) is 23.9 Å². The number of likely N-dealkylation sites (tertiary alicyclic amines) is 1. The number of hydrogen-bond acceptors (Lipinski definition) is 6. The number of methoxy groups -OCH3 is 2. The second kappa shape index (κ2) is 7.38. The fraction of sp³-hybridized carbons (Fsp3) is 0.421. The molecule has 3 atom stereocenters. The van der Waals surface area contributed by atoms with Crippen LogP contribution in [0.4, 0.5) is 0 Å². The largest absolute Gasteiger partial charge is 0.497 e. The molecule has 2 aliphatic rings. The van der Waals surface area contributed by atoms with E-state index >= 15 is 0 Å². The highest BCUT2D eigenvalue weighted by Crippen LogP contribution is 2.40. The normalized spacial score (nSPS) is 23.8. The predicted octanol–water partition coefficient (Wildman–Crippen LogP) is 2.35. The third-order valence-electron chi connectivity index (χ3n) is 5.47. The van der Waals surface area contributed by atoms with Crippen molar-refractivity contribution in [3.8, 4) is 11.5 Å². The Morgan fingerprint density at radius 1 is 1.18 bits per heavy atom. The number of nitrogens with one attached hydrogen (secondary N) is 1. The first-order valence-electron chi connectivity index (χ1n) is 9.01. The molecule has 2 bridgehead atoms. The SMILES string of the molecule is COc1cc(OC)cc(C(=O)N2CC3CC2CC3NS(=O)(=O)c2cccs2)c1. The fourth-order valence-electron chi connectivity index (χ4n) is 4.12. The molecule has 9 heteroatoms. The fourth-order valence-corrected chi connectivity index (χ4v) is 6.44. The summed E-state index contributed by atoms with van der Waals surface area (Å²) in [5.74, 6) is 1.17. The minimum atomic E-state index is -3.50. The van der Waals surface area contributed by atoms with Gasteiger partial charge in [0.2, 0.25) is 10.0 Å². The van der Waals surface area contributed by atoms with Crippen molar-refractivity contribution in [2.24, 2.45) is 5.92 Å². The number of ether oxygens (including phenoxy) is 2. The molecule has 2 heterocycles. The zero-order valence-corrected chi connectivity index (χ0v) is 17.3. The van der Waals surface area contributed by atoms with Gasteiger partial charge in [-0.05, 0) is 42.3 Å². The van der Waals surface area contributed by atoms with Crippen LogP contribution in [-0.2, 0) is 10.0 Å². The number of fused-ring (bicyclic) bond motifs is 2. The Balaban J connectivity index is 1.46. The summed E-state index contributed by atoms with van der Waals surface area (Å²) in [5.41, 5.74) is 0.513. The average molecular weight is 423 g/mol. The first kappa shape index (κ1) is 19.2. The van der Waals surface area contributed by atoms with Crippen molar-refractivity contribution in [2.75, 3.05) is 20.8 Å². The molecular weight excluding hydrogens is 400 g/mol. The molecule has 4 rings (SSSR count). The van der Waals surface area contributed by atoms with Crippen LogP contribution >= 0.6 is 11.3 Å². The van der Waals surface area contributed by atoms with Gasteiger partial charge < -0.3 is 14.4 Å². The van der Waals surface area contributed by atoms with Crippen LogP contribution in [0.15, 0.2) is 39.9 Å². The smallest absolute Gasteiger partial charge is 0.254 e. The van der Waals surface area contributed by atoms with Crippen LogP contribution in [0.5, 0.6) is 11.5 Å². The molecule has 1 saturated carbocycles. The van der Waals surface area contributed by atoms with E-state index in [0.717, 1.165) is 6.42 Å². The number of piperidine rings is 1. The molecule has 0 radical (unpaired) electrons. The quantitative estimate of drug-likeness (QED) is 0.772. The lowest BCUT2D eigenvalue weighted by Gasteiger charge is -2.32. The molecule has 1 saturated heterocycles. The Labute approximate surface area is 168 Å². The molecule has 1 aliphatic heterocycles. The van der Waals surface area contributed by atoms with E-state index in [2.05, 4.69) is 4.72 Å². The van der Waals surface area contributed by atoms with Crippen LogP contribution in [-0.4, -0.2) is 52.1 Å². The van der Waals surface area contributed by atoms with Gasteiger partial charge in [-0.15, -0.1) is 11.3 Å². The van der Waals surface area contributed by atoms with Gasteiger partial charge >= 0.3 is 0 Å². The standard InChI is InChI=1S/C19H22N2O5S2/c1-25-15-7-12(8-16(10-15)26-2)19(22)21-11-13-6-14(21)9-17(13)20-28(23,24)18-4-3-5-27-18/h3-5,7-8,10,13-14,17,20H,6,9,11H2,1-2H3. The average Bonchev–Trinajstić information content (AvgIpc) is 3.43. The first-order valence-corrected chi connectivity index (χ1v) is 11.4. The highest BCUT2D eigenvalue weighted by Gasteiger charge is 2.47. The number of hydrogen-bond donors (Lipinski definition) is 1. The number of nitrogens with zero attached hydrogens (tertiary/aromatic N) is 1. The number of carbonyl (C=O) groups is 1. The molecule has 2 fully saturated rings. The van der Waals surface area contributed by atoms with E-state index in [0.29, 0.717) is 34.2 Å². The molecule has 0 spiro atoms. The van der Waals surface area contributed by atoms with E-state index in [1.165, 1.54) is 11.3 Å². The minimum absolute atomic E-state index is 0.0331. The zero-order valence-electron chi connectivity index (χ0n) is 15.6. The molecule has 1 amide bonds. The Hall–Kier alpha value is -2.10. The lowest BCUT2D eigenvalue weighted by atomic mass is 10.0. The van der Waals surface area contributed by atoms with E-state index in [1.54, 1.807) is 49.9 Å². The van der Waals surface area contributed by atoms with Crippen molar-refractivity contribution in [1.29, 1.82) is 0 Å². The molecule has 1 aromatic heterocycles. The van der Waals surface area contributed by atoms with Crippen LogP contribution in [0.2, 0.25) is 0 Å². The monoisotopic (exact) mass is 422 g/mol. The summed E-state index contributed by atoms with van der Waals surface area (Å²) in [6.45, 7) is 0.542. The van der Waals surface area contributed by atoms with Crippen LogP contribution < -0.4 is 14.2 Å². The lowest BCUT2D eigenvalue weighted by Crippen LogP contribution is -2.47. The summed E-state index contributed by atoms with van der Waals surface area (Å²) in [6, 6.07) is 8.35. The number of sulfonamides is 1. The van der Waals surface area contributed by atoms with Crippen LogP contribution in [0.3, 0.4) is 0 Å². The van der Waals surface area contributed by atoms with Gasteiger partial charge in [0.1, 0.15) is 15.7 Å². The molecule has 28 heavy (non-hydrogen) atoms. The summed E-state index contributed by atoms with van der Waals surface area (Å²) < 4.78 is 38.6. The molecule has 7 nitrogen and oxygen atoms in total. The third-order valence-corrected chi connectivity index (χ3v) is 8.35. The summed E-state index contributed by atoms with van der Waals surface area (Å²) in [5, 5.41) is 1.75. The van der Waals surface area contributed by atoms with Gasteiger partial charge in [0.25, 0.3) is 5.91 Å². The first-order chi connectivity index (χ1) is 13.4. The summed E-state index contributed by atoms with van der Waals surface area (Å²) in [7, 11) is -0.405. The van der Waals surface area contributed by atoms with Gasteiger partial charge in [0, 0.05) is 30.3 Å². The Kier molecular flexibility index (Phi) is 5.07. The number of amides is 1. The summed E-state index contributed by atoms with van der Waals surface area (Å²) in [4.78, 5) is 14.9. The lowest BCUT2D eigenvalue weighted by molar-refractivity contribution is 0.0690. The maximum atomic E-state index is 13.0. The zero-order chi connectivity index (χ0) is 19.9. The van der Waals surface area contributed by atoms with Crippen LogP contribution in [0, 0.1) is 5.92 Å². The van der Waals surface area contributed by atoms with Gasteiger partial charge in [-0.25, -0.2) is 13.1 Å². The molecule has 150 valence electrons. The van der Waals surface area contributed by atoms with Crippen molar-refractivity contribution in [3.63, 3.8) is 0 Å². The predicted molar refractivity (Wildman–Crippen MR) is 106 cm³/mol. The molecule has 1 aromatic carbocycles. The second-order valence-corrected chi connectivity index (χ2v) is 9.99. The summed E-state index contributed by atoms with van der Waals surface area (Å²) in [6.07, 6.45) is 1.44. The van der Waals surface area contributed by atoms with Crippen LogP contribution in [0.1, 0.15) is 23.2 Å². The van der Waals surface area contributed by atoms with Crippen molar-refractivity contribution in [3.05, 3.63) is 41.3 Å². The van der Waals surface area contributed by atoms with Gasteiger partial charge in [-0.1, -0.05) is 6.07 Å². The molecule has 2 aromatic rings. The topological polar surface area (TPSA) is 84.9 Å². The van der Waals surface area contributed by atoms with E-state index in [1.807, 2.05) is 4.90 Å². The highest BCUT2D eigenvalue weighted by molar-refractivity contribution is 7.91. The summed E-state index contributed by atoms with van der Waals surface area (Å²) >= 11 is 1.20. The van der Waals surface area contributed by atoms with Crippen LogP contribution in [0.25, 0.3) is 0 Å². The number of carbonyl (C=O) groups excluding carboxylic acids is 1. The van der Waals surface area contributed by atoms with E-state index in [4.69, 9.17) is 9.47 Å². The van der Waals surface area contributed by atoms with Crippen molar-refractivity contribution in [1.82, 2.24) is 9.62 Å². The molecule has 1 aliphatic carbocycles. The molecule has 3 unspecified atom stereocenters. The van der Waals surface area contributed by atoms with Gasteiger partial charge in [-0.3, -0.25) is 4.79 Å². The van der Waals surface area contributed by atoms with Gasteiger partial charge in [0.15, 0.2) is 0 Å². The molecular formula is C19H22N2O5S2. The minimum Gasteiger partial charge on any atom is -0.497 e. The Morgan fingerprint density at radius 3 is 2.43 bits per heavy atom. The van der Waals surface area contributed by atoms with Gasteiger partial charge in [-0.2, -0.15) is 0 Å². The highest BCUT2D eigenvalue weighted by atomic mass is 32.2. The van der Waals surface area contributed by atoms with Crippen molar-refractivity contribution in [2.45, 2.75) is 29.1 Å². The van der Waals surface area contributed by atoms with E-state index < -0.39 is 10.0 Å². The van der Waals surface area contributed by atoms with Gasteiger partial charge in [0.05, 0.1) is 14.2 Å². The number of thiophene rings is 1. The number of rotatable bonds is 6. The van der Waals surface area contributed by atoms with E-state index in [9.17, 15) is 13.2 Å².